The Labute approximate surface area is 192 Å². The summed E-state index contributed by atoms with van der Waals surface area (Å²) in [7, 11) is 0. The first-order valence-electron chi connectivity index (χ1n) is 9.44. The van der Waals surface area contributed by atoms with E-state index in [0.29, 0.717) is 22.3 Å². The fraction of sp³-hybridized carbons (Fsp3) is 0.0909. The van der Waals surface area contributed by atoms with Gasteiger partial charge in [-0.2, -0.15) is 9.78 Å². The first-order valence-corrected chi connectivity index (χ1v) is 11.1. The third-order valence-electron chi connectivity index (χ3n) is 4.75. The van der Waals surface area contributed by atoms with E-state index in [1.54, 1.807) is 29.8 Å². The zero-order chi connectivity index (χ0) is 22.2. The minimum Gasteiger partial charge on any atom is -0.472 e. The van der Waals surface area contributed by atoms with E-state index in [1.807, 2.05) is 24.3 Å². The van der Waals surface area contributed by atoms with E-state index in [2.05, 4.69) is 31.0 Å². The second-order valence-electron chi connectivity index (χ2n) is 6.82. The molecule has 3 aromatic heterocycles. The molecule has 5 rings (SSSR count). The molecule has 0 radical (unpaired) electrons. The average Bonchev–Trinajstić information content (AvgIpc) is 3.26. The number of halogens is 3. The summed E-state index contributed by atoms with van der Waals surface area (Å²) in [6.45, 7) is -0.786. The number of hydrogen-bond donors (Lipinski definition) is 0. The first-order chi connectivity index (χ1) is 15.5. The maximum Gasteiger partial charge on any atom is 0.281 e. The minimum atomic E-state index is -2.63. The maximum absolute atomic E-state index is 13.6. The van der Waals surface area contributed by atoms with Crippen LogP contribution < -0.4 is 10.3 Å². The van der Waals surface area contributed by atoms with Crippen LogP contribution in [0.3, 0.4) is 0 Å². The number of benzene rings is 2. The zero-order valence-corrected chi connectivity index (χ0v) is 18.6. The molecule has 3 heterocycles. The van der Waals surface area contributed by atoms with Gasteiger partial charge in [0.2, 0.25) is 5.88 Å². The topological polar surface area (TPSA) is 69.9 Å². The van der Waals surface area contributed by atoms with Gasteiger partial charge in [0.1, 0.15) is 11.0 Å². The van der Waals surface area contributed by atoms with E-state index in [1.165, 1.54) is 22.1 Å². The highest BCUT2D eigenvalue weighted by Crippen LogP contribution is 2.28. The first kappa shape index (κ1) is 20.7. The Kier molecular flexibility index (Phi) is 5.40. The lowest BCUT2D eigenvalue weighted by atomic mass is 10.1. The van der Waals surface area contributed by atoms with Gasteiger partial charge in [0.15, 0.2) is 6.61 Å². The van der Waals surface area contributed by atoms with Crippen molar-refractivity contribution in [2.24, 2.45) is 0 Å². The van der Waals surface area contributed by atoms with Gasteiger partial charge >= 0.3 is 0 Å². The lowest BCUT2D eigenvalue weighted by Crippen LogP contribution is -2.23. The lowest BCUT2D eigenvalue weighted by molar-refractivity contribution is 0.0798. The number of alkyl halides is 2. The van der Waals surface area contributed by atoms with Crippen molar-refractivity contribution >= 4 is 48.5 Å². The molecular weight excluding hydrogens is 502 g/mol. The maximum atomic E-state index is 13.6. The Bertz CT molecular complexity index is 1500. The Morgan fingerprint density at radius 2 is 1.84 bits per heavy atom. The zero-order valence-electron chi connectivity index (χ0n) is 16.2. The third kappa shape index (κ3) is 3.87. The van der Waals surface area contributed by atoms with E-state index in [-0.39, 0.29) is 17.0 Å². The van der Waals surface area contributed by atoms with E-state index in [9.17, 15) is 13.6 Å². The summed E-state index contributed by atoms with van der Waals surface area (Å²) in [4.78, 5) is 22.2. The van der Waals surface area contributed by atoms with E-state index in [4.69, 9.17) is 4.74 Å². The molecule has 2 aromatic carbocycles. The predicted molar refractivity (Wildman–Crippen MR) is 123 cm³/mol. The lowest BCUT2D eigenvalue weighted by Gasteiger charge is -2.12. The minimum absolute atomic E-state index is 0.00110. The molecule has 0 saturated carbocycles. The number of nitrogens with zero attached hydrogens (tertiary/aromatic N) is 4. The molecule has 0 aliphatic heterocycles. The normalized spacial score (nSPS) is 11.5. The SMILES string of the molecule is O=c1c(-c2ccc(Br)cc2)c2nc(OCC(F)F)ccc2nn1-c1ccc2ncsc2c1. The Balaban J connectivity index is 1.75. The number of pyridine rings is 1. The molecule has 5 aromatic rings. The molecule has 0 bridgehead atoms. The van der Waals surface area contributed by atoms with Crippen molar-refractivity contribution in [3.63, 3.8) is 0 Å². The fourth-order valence-corrected chi connectivity index (χ4v) is 4.29. The fourth-order valence-electron chi connectivity index (χ4n) is 3.31. The van der Waals surface area contributed by atoms with Gasteiger partial charge in [-0.1, -0.05) is 28.1 Å². The van der Waals surface area contributed by atoms with Crippen LogP contribution in [0.2, 0.25) is 0 Å². The number of rotatable bonds is 5. The molecule has 0 saturated heterocycles. The van der Waals surface area contributed by atoms with Gasteiger partial charge < -0.3 is 4.74 Å². The van der Waals surface area contributed by atoms with Gasteiger partial charge in [0, 0.05) is 10.5 Å². The van der Waals surface area contributed by atoms with Crippen LogP contribution in [0.25, 0.3) is 38.1 Å². The number of hydrogen-bond acceptors (Lipinski definition) is 6. The molecule has 0 atom stereocenters. The molecule has 0 fully saturated rings. The highest BCUT2D eigenvalue weighted by atomic mass is 79.9. The van der Waals surface area contributed by atoms with Crippen LogP contribution in [-0.4, -0.2) is 32.8 Å². The summed E-state index contributed by atoms with van der Waals surface area (Å²) in [5.74, 6) is 0.00110. The summed E-state index contributed by atoms with van der Waals surface area (Å²) >= 11 is 4.86. The molecule has 0 N–H and O–H groups in total. The molecule has 0 unspecified atom stereocenters. The van der Waals surface area contributed by atoms with Crippen molar-refractivity contribution in [1.29, 1.82) is 0 Å². The second kappa shape index (κ2) is 8.36. The van der Waals surface area contributed by atoms with Crippen molar-refractivity contribution in [1.82, 2.24) is 19.7 Å². The Morgan fingerprint density at radius 1 is 1.06 bits per heavy atom. The van der Waals surface area contributed by atoms with Crippen LogP contribution in [0.15, 0.2) is 69.4 Å². The Hall–Kier alpha value is -3.24. The van der Waals surface area contributed by atoms with Crippen LogP contribution >= 0.6 is 27.3 Å². The van der Waals surface area contributed by atoms with Crippen molar-refractivity contribution in [3.8, 4) is 22.7 Å². The predicted octanol–water partition coefficient (Wildman–Crippen LogP) is 5.46. The largest absolute Gasteiger partial charge is 0.472 e. The molecule has 0 spiro atoms. The quantitative estimate of drug-likeness (QED) is 0.311. The number of aromatic nitrogens is 4. The molecule has 0 amide bonds. The van der Waals surface area contributed by atoms with Gasteiger partial charge in [0.05, 0.1) is 27.0 Å². The Morgan fingerprint density at radius 3 is 2.62 bits per heavy atom. The van der Waals surface area contributed by atoms with Crippen LogP contribution in [0.1, 0.15) is 0 Å². The average molecular weight is 515 g/mol. The number of ether oxygens (including phenoxy) is 1. The van der Waals surface area contributed by atoms with Crippen LogP contribution in [0.5, 0.6) is 5.88 Å². The monoisotopic (exact) mass is 514 g/mol. The molecular formula is C22H13BrF2N4O2S. The second-order valence-corrected chi connectivity index (χ2v) is 8.62. The molecule has 32 heavy (non-hydrogen) atoms. The van der Waals surface area contributed by atoms with Crippen LogP contribution in [0.4, 0.5) is 8.78 Å². The van der Waals surface area contributed by atoms with Crippen LogP contribution in [0, 0.1) is 0 Å². The highest BCUT2D eigenvalue weighted by Gasteiger charge is 2.18. The van der Waals surface area contributed by atoms with Crippen LogP contribution in [-0.2, 0) is 0 Å². The van der Waals surface area contributed by atoms with Crippen molar-refractivity contribution in [3.05, 3.63) is 74.9 Å². The third-order valence-corrected chi connectivity index (χ3v) is 6.07. The van der Waals surface area contributed by atoms with Gasteiger partial charge in [-0.3, -0.25) is 4.79 Å². The van der Waals surface area contributed by atoms with Crippen molar-refractivity contribution in [2.75, 3.05) is 6.61 Å². The molecule has 6 nitrogen and oxygen atoms in total. The summed E-state index contributed by atoms with van der Waals surface area (Å²) in [5, 5.41) is 4.49. The smallest absolute Gasteiger partial charge is 0.281 e. The number of thiazole rings is 1. The molecule has 0 aliphatic rings. The summed E-state index contributed by atoms with van der Waals surface area (Å²) in [6, 6.07) is 15.7. The molecule has 10 heteroatoms. The summed E-state index contributed by atoms with van der Waals surface area (Å²) in [6.07, 6.45) is -2.63. The van der Waals surface area contributed by atoms with Gasteiger partial charge in [-0.25, -0.2) is 18.7 Å². The van der Waals surface area contributed by atoms with Gasteiger partial charge in [-0.05, 0) is 42.0 Å². The van der Waals surface area contributed by atoms with E-state index in [0.717, 1.165) is 14.7 Å². The number of fused-ring (bicyclic) bond motifs is 2. The summed E-state index contributed by atoms with van der Waals surface area (Å²) in [5.41, 5.74) is 4.40. The van der Waals surface area contributed by atoms with Crippen molar-refractivity contribution in [2.45, 2.75) is 6.43 Å². The molecule has 160 valence electrons. The van der Waals surface area contributed by atoms with E-state index >= 15 is 0 Å². The summed E-state index contributed by atoms with van der Waals surface area (Å²) < 4.78 is 33.3. The van der Waals surface area contributed by atoms with Gasteiger partial charge in [-0.15, -0.1) is 11.3 Å². The van der Waals surface area contributed by atoms with Gasteiger partial charge in [0.25, 0.3) is 12.0 Å². The van der Waals surface area contributed by atoms with Crippen molar-refractivity contribution < 1.29 is 13.5 Å². The van der Waals surface area contributed by atoms with E-state index < -0.39 is 13.0 Å². The highest BCUT2D eigenvalue weighted by molar-refractivity contribution is 9.10. The molecule has 0 aliphatic carbocycles. The standard InChI is InChI=1S/C22H13BrF2N4O2S/c23-13-3-1-12(2-4-13)20-21-16(7-8-19(27-21)31-10-18(24)25)28-29(22(20)30)14-5-6-15-17(9-14)32-11-26-15/h1-9,11,18H,10H2.